The number of likely N-dealkylation sites (tertiary alicyclic amines) is 1. The fraction of sp³-hybridized carbons (Fsp3) is 0.474. The Morgan fingerprint density at radius 2 is 1.97 bits per heavy atom. The van der Waals surface area contributed by atoms with Crippen LogP contribution in [0.25, 0.3) is 0 Å². The molecular weight excluding hydrogens is 426 g/mol. The molecule has 166 valence electrons. The highest BCUT2D eigenvalue weighted by Crippen LogP contribution is 2.35. The van der Waals surface area contributed by atoms with Crippen LogP contribution in [0.4, 0.5) is 5.69 Å². The summed E-state index contributed by atoms with van der Waals surface area (Å²) < 4.78 is 0. The smallest absolute Gasteiger partial charge is 0.426 e. The molecule has 2 aliphatic rings. The maximum absolute atomic E-state index is 13.1. The minimum atomic E-state index is -1.90. The van der Waals surface area contributed by atoms with E-state index < -0.39 is 37.0 Å². The Kier molecular flexibility index (Phi) is 7.19. The number of rotatable bonds is 9. The number of aldehydes is 1. The molecule has 1 saturated carbocycles. The van der Waals surface area contributed by atoms with E-state index in [1.54, 1.807) is 0 Å². The van der Waals surface area contributed by atoms with E-state index in [2.05, 4.69) is 10.6 Å². The molecule has 31 heavy (non-hydrogen) atoms. The normalized spacial score (nSPS) is 19.6. The van der Waals surface area contributed by atoms with Crippen molar-refractivity contribution in [2.24, 2.45) is 5.92 Å². The third-order valence-electron chi connectivity index (χ3n) is 5.55. The molecule has 0 aromatic heterocycles. The Morgan fingerprint density at radius 3 is 2.48 bits per heavy atom. The predicted molar refractivity (Wildman–Crippen MR) is 113 cm³/mol. The second-order valence-corrected chi connectivity index (χ2v) is 8.20. The molecule has 3 unspecified atom stereocenters. The number of nitrogens with two attached hydrogens (primary N) is 1. The molecule has 1 saturated heterocycles. The molecule has 1 aromatic rings. The first-order valence-electron chi connectivity index (χ1n) is 9.99. The number of carbonyl (C=O) groups excluding carboxylic acids is 4. The lowest BCUT2D eigenvalue weighted by Gasteiger charge is -2.42. The van der Waals surface area contributed by atoms with Gasteiger partial charge < -0.3 is 36.1 Å². The zero-order chi connectivity index (χ0) is 22.7. The highest BCUT2D eigenvalue weighted by Gasteiger charge is 2.46. The van der Waals surface area contributed by atoms with Gasteiger partial charge in [0.15, 0.2) is 0 Å². The summed E-state index contributed by atoms with van der Waals surface area (Å²) in [5.74, 6) is -2.60. The summed E-state index contributed by atoms with van der Waals surface area (Å²) in [6.45, 7) is 0.337. The monoisotopic (exact) mass is 450 g/mol. The minimum absolute atomic E-state index is 0.0212. The molecule has 1 aromatic carbocycles. The van der Waals surface area contributed by atoms with Gasteiger partial charge in [0.1, 0.15) is 18.4 Å². The third kappa shape index (κ3) is 5.35. The average Bonchev–Trinajstić information content (AvgIpc) is 3.51. The molecule has 0 radical (unpaired) electrons. The van der Waals surface area contributed by atoms with Crippen molar-refractivity contribution in [3.8, 4) is 0 Å². The van der Waals surface area contributed by atoms with Crippen molar-refractivity contribution in [2.45, 2.75) is 43.7 Å². The van der Waals surface area contributed by atoms with Crippen molar-refractivity contribution in [1.29, 1.82) is 0 Å². The molecule has 1 aliphatic carbocycles. The van der Waals surface area contributed by atoms with Crippen LogP contribution in [-0.2, 0) is 14.4 Å². The maximum Gasteiger partial charge on any atom is 0.475 e. The molecule has 0 spiro atoms. The highest BCUT2D eigenvalue weighted by molar-refractivity contribution is 6.44. The quantitative estimate of drug-likeness (QED) is 0.185. The number of amides is 3. The summed E-state index contributed by atoms with van der Waals surface area (Å²) in [6.07, 6.45) is 2.15. The Hall–Kier alpha value is -2.63. The molecule has 1 aliphatic heterocycles. The number of nitrogen functional groups attached to an aromatic ring is 1. The number of nitrogens with zero attached hydrogens (tertiary/aromatic N) is 1. The summed E-state index contributed by atoms with van der Waals surface area (Å²) in [5, 5.41) is 23.9. The highest BCUT2D eigenvalue weighted by atomic mass is 35.5. The number of benzene rings is 1. The van der Waals surface area contributed by atoms with E-state index in [9.17, 15) is 29.2 Å². The van der Waals surface area contributed by atoms with Gasteiger partial charge in [0.05, 0.1) is 16.7 Å². The van der Waals surface area contributed by atoms with Gasteiger partial charge in [-0.3, -0.25) is 14.4 Å². The Labute approximate surface area is 184 Å². The Balaban J connectivity index is 1.66. The predicted octanol–water partition coefficient (Wildman–Crippen LogP) is -0.883. The molecular formula is C19H24BClN4O6. The van der Waals surface area contributed by atoms with Crippen LogP contribution in [-0.4, -0.2) is 70.6 Å². The van der Waals surface area contributed by atoms with Crippen molar-refractivity contribution < 1.29 is 29.2 Å². The topological polar surface area (TPSA) is 162 Å². The fourth-order valence-electron chi connectivity index (χ4n) is 3.44. The van der Waals surface area contributed by atoms with Crippen LogP contribution in [0, 0.1) is 5.92 Å². The van der Waals surface area contributed by atoms with Crippen LogP contribution in [0.3, 0.4) is 0 Å². The second kappa shape index (κ2) is 9.67. The van der Waals surface area contributed by atoms with Crippen molar-refractivity contribution in [3.63, 3.8) is 0 Å². The van der Waals surface area contributed by atoms with Gasteiger partial charge >= 0.3 is 7.12 Å². The van der Waals surface area contributed by atoms with Crippen LogP contribution in [0.1, 0.15) is 36.0 Å². The Morgan fingerprint density at radius 1 is 1.26 bits per heavy atom. The number of hydrogen-bond acceptors (Lipinski definition) is 7. The Bertz CT molecular complexity index is 881. The van der Waals surface area contributed by atoms with Gasteiger partial charge in [-0.1, -0.05) is 11.6 Å². The molecule has 1 heterocycles. The van der Waals surface area contributed by atoms with Gasteiger partial charge in [-0.15, -0.1) is 0 Å². The van der Waals surface area contributed by atoms with Crippen LogP contribution in [0.15, 0.2) is 18.2 Å². The SMILES string of the molecule is Nc1ccc(C(=O)NC(C(=O)N2CCC2C(=O)NC(CC=O)B(O)O)C2CC2)cc1Cl. The van der Waals surface area contributed by atoms with Crippen molar-refractivity contribution in [2.75, 3.05) is 12.3 Å². The molecule has 6 N–H and O–H groups in total. The number of carbonyl (C=O) groups is 4. The number of hydrogen-bond donors (Lipinski definition) is 5. The van der Waals surface area contributed by atoms with Gasteiger partial charge in [-0.2, -0.15) is 0 Å². The lowest BCUT2D eigenvalue weighted by Crippen LogP contribution is -2.64. The summed E-state index contributed by atoms with van der Waals surface area (Å²) >= 11 is 5.97. The van der Waals surface area contributed by atoms with E-state index in [1.165, 1.54) is 23.1 Å². The lowest BCUT2D eigenvalue weighted by molar-refractivity contribution is -0.149. The van der Waals surface area contributed by atoms with Gasteiger partial charge in [0, 0.05) is 18.5 Å². The molecule has 10 nitrogen and oxygen atoms in total. The van der Waals surface area contributed by atoms with E-state index in [0.29, 0.717) is 24.9 Å². The van der Waals surface area contributed by atoms with Gasteiger partial charge in [0.25, 0.3) is 5.91 Å². The van der Waals surface area contributed by atoms with E-state index in [4.69, 9.17) is 17.3 Å². The first-order chi connectivity index (χ1) is 14.7. The molecule has 3 atom stereocenters. The number of nitrogens with one attached hydrogen (secondary N) is 2. The molecule has 3 amide bonds. The summed E-state index contributed by atoms with van der Waals surface area (Å²) in [5.41, 5.74) is 6.27. The molecule has 0 bridgehead atoms. The molecule has 3 rings (SSSR count). The van der Waals surface area contributed by atoms with Crippen molar-refractivity contribution in [1.82, 2.24) is 15.5 Å². The van der Waals surface area contributed by atoms with E-state index in [1.807, 2.05) is 0 Å². The van der Waals surface area contributed by atoms with E-state index >= 15 is 0 Å². The van der Waals surface area contributed by atoms with Gasteiger partial charge in [-0.05, 0) is 43.4 Å². The van der Waals surface area contributed by atoms with Crippen LogP contribution >= 0.6 is 11.6 Å². The number of halogens is 1. The van der Waals surface area contributed by atoms with Crippen LogP contribution in [0.2, 0.25) is 5.02 Å². The first kappa shape index (κ1) is 23.0. The minimum Gasteiger partial charge on any atom is -0.426 e. The van der Waals surface area contributed by atoms with E-state index in [-0.39, 0.29) is 28.8 Å². The lowest BCUT2D eigenvalue weighted by atomic mass is 9.77. The second-order valence-electron chi connectivity index (χ2n) is 7.79. The van der Waals surface area contributed by atoms with Gasteiger partial charge in [0.2, 0.25) is 11.8 Å². The largest absolute Gasteiger partial charge is 0.475 e. The maximum atomic E-state index is 13.1. The van der Waals surface area contributed by atoms with Gasteiger partial charge in [-0.25, -0.2) is 0 Å². The number of anilines is 1. The van der Waals surface area contributed by atoms with Crippen molar-refractivity contribution >= 4 is 48.4 Å². The van der Waals surface area contributed by atoms with Crippen molar-refractivity contribution in [3.05, 3.63) is 28.8 Å². The standard InChI is InChI=1S/C19H24BClN4O6/c21-12-9-11(3-4-13(12)22)17(27)24-16(10-1-2-10)19(29)25-7-5-14(25)18(28)23-15(6-8-26)20(30)31/h3-4,8-10,14-16,30-31H,1-2,5-7,22H2,(H,23,28)(H,24,27). The fourth-order valence-corrected chi connectivity index (χ4v) is 3.62. The van der Waals surface area contributed by atoms with E-state index in [0.717, 1.165) is 12.8 Å². The average molecular weight is 451 g/mol. The summed E-state index contributed by atoms with van der Waals surface area (Å²) in [7, 11) is -1.90. The first-order valence-corrected chi connectivity index (χ1v) is 10.4. The molecule has 12 heteroatoms. The third-order valence-corrected chi connectivity index (χ3v) is 5.88. The zero-order valence-electron chi connectivity index (χ0n) is 16.7. The summed E-state index contributed by atoms with van der Waals surface area (Å²) in [4.78, 5) is 50.2. The zero-order valence-corrected chi connectivity index (χ0v) is 17.4. The van der Waals surface area contributed by atoms with Crippen LogP contribution in [0.5, 0.6) is 0 Å². The van der Waals surface area contributed by atoms with Crippen LogP contribution < -0.4 is 16.4 Å². The summed E-state index contributed by atoms with van der Waals surface area (Å²) in [6, 6.07) is 2.86. The molecule has 2 fully saturated rings.